The molecule has 8 rings (SSSR count). The molecule has 0 radical (unpaired) electrons. The Hall–Kier alpha value is -6.62. The fraction of sp³-hybridized carbons (Fsp3) is 0.238. The van der Waals surface area contributed by atoms with Crippen LogP contribution in [-0.2, 0) is 35.5 Å². The molecule has 72 heavy (non-hydrogen) atoms. The Morgan fingerprint density at radius 1 is 0.681 bits per heavy atom. The van der Waals surface area contributed by atoms with E-state index in [4.69, 9.17) is 18.5 Å². The van der Waals surface area contributed by atoms with Crippen LogP contribution in [0.1, 0.15) is 98.4 Å². The van der Waals surface area contributed by atoms with Gasteiger partial charge in [0.2, 0.25) is 0 Å². The van der Waals surface area contributed by atoms with Crippen molar-refractivity contribution in [2.24, 2.45) is 0 Å². The topological polar surface area (TPSA) is 97.6 Å². The van der Waals surface area contributed by atoms with Crippen molar-refractivity contribution in [2.75, 3.05) is 13.2 Å². The zero-order valence-corrected chi connectivity index (χ0v) is 43.9. The average molecular weight is 997 g/mol. The first-order chi connectivity index (χ1) is 35.0. The molecule has 9 heteroatoms. The van der Waals surface area contributed by atoms with Gasteiger partial charge in [0.15, 0.2) is 0 Å². The van der Waals surface area contributed by atoms with Crippen LogP contribution in [0.2, 0.25) is 0 Å². The molecule has 0 saturated heterocycles. The molecule has 0 fully saturated rings. The lowest BCUT2D eigenvalue weighted by atomic mass is 9.75. The number of aliphatic hydroxyl groups is 1. The molecule has 6 aromatic rings. The van der Waals surface area contributed by atoms with Crippen LogP contribution in [0.15, 0.2) is 182 Å². The molecule has 2 heterocycles. The monoisotopic (exact) mass is 996 g/mol. The first-order valence-electron chi connectivity index (χ1n) is 24.9. The molecular formula is C63H66O7P2. The predicted octanol–water partition coefficient (Wildman–Crippen LogP) is 16.5. The van der Waals surface area contributed by atoms with Crippen LogP contribution in [0.4, 0.5) is 0 Å². The molecule has 6 aromatic carbocycles. The largest absolute Gasteiger partial charge is 0.507 e. The maximum atomic E-state index is 12.4. The predicted molar refractivity (Wildman–Crippen MR) is 300 cm³/mol. The lowest BCUT2D eigenvalue weighted by Gasteiger charge is -2.32. The third-order valence-electron chi connectivity index (χ3n) is 13.4. The Morgan fingerprint density at radius 3 is 1.97 bits per heavy atom. The lowest BCUT2D eigenvalue weighted by Crippen LogP contribution is -2.21. The van der Waals surface area contributed by atoms with E-state index in [0.717, 1.165) is 96.2 Å². The van der Waals surface area contributed by atoms with E-state index in [-0.39, 0.29) is 23.9 Å². The Bertz CT molecular complexity index is 3070. The van der Waals surface area contributed by atoms with Gasteiger partial charge in [-0.15, -0.1) is 0 Å². The van der Waals surface area contributed by atoms with Crippen molar-refractivity contribution in [2.45, 2.75) is 84.6 Å². The summed E-state index contributed by atoms with van der Waals surface area (Å²) in [5, 5.41) is 37.6. The van der Waals surface area contributed by atoms with Crippen molar-refractivity contribution in [3.63, 3.8) is 0 Å². The molecule has 7 nitrogen and oxygen atoms in total. The number of ether oxygens (including phenoxy) is 2. The summed E-state index contributed by atoms with van der Waals surface area (Å²) in [7, 11) is -2.47. The molecule has 0 aliphatic carbocycles. The first kappa shape index (κ1) is 51.7. The van der Waals surface area contributed by atoms with E-state index in [1.807, 2.05) is 85.8 Å². The van der Waals surface area contributed by atoms with Gasteiger partial charge in [-0.2, -0.15) is 0 Å². The number of phenols is 2. The lowest BCUT2D eigenvalue weighted by molar-refractivity contribution is 0.116. The summed E-state index contributed by atoms with van der Waals surface area (Å²) >= 11 is 0. The quantitative estimate of drug-likeness (QED) is 0.0303. The van der Waals surface area contributed by atoms with Crippen LogP contribution < -0.4 is 19.1 Å². The van der Waals surface area contributed by atoms with Gasteiger partial charge in [0.25, 0.3) is 0 Å². The van der Waals surface area contributed by atoms with E-state index >= 15 is 0 Å². The van der Waals surface area contributed by atoms with Gasteiger partial charge in [0.05, 0.1) is 13.2 Å². The molecular weight excluding hydrogens is 931 g/mol. The number of fused-ring (bicyclic) bond motifs is 4. The molecule has 3 N–H and O–H groups in total. The minimum absolute atomic E-state index is 0.108. The first-order valence-corrected chi connectivity index (χ1v) is 27.8. The van der Waals surface area contributed by atoms with Crippen LogP contribution in [0.5, 0.6) is 28.7 Å². The number of aliphatic hydroxyl groups excluding tert-OH is 1. The number of allylic oxidation sites excluding steroid dienone is 9. The van der Waals surface area contributed by atoms with Crippen LogP contribution >= 0.6 is 16.3 Å². The molecule has 0 amide bonds. The standard InChI is InChI=1S/C63H66O7P2/c1-8-13-34-67-40-44-37-48(39-46(62(44)66)42-72-60-33-21-17-29-54(60)53-28-16-20-32-58(53)70-72)63(6,7)47-36-43(25-22-35-68-56-30-18-14-26-51(56)49(11-4)55(64)23-9-2)61(65)45(38-47)41-71-59(24-10-3)50(12-5)52-27-15-19-31-57(52)69-71/h9-12,14-21,23-24,26-33,36-39,64-66H,2-3,8,13,22,25,34-35,40-42H2,1,4-7H3/b49-11-,50-12-,55-23+,59-24+. The Morgan fingerprint density at radius 2 is 1.28 bits per heavy atom. The highest BCUT2D eigenvalue weighted by atomic mass is 31.1. The summed E-state index contributed by atoms with van der Waals surface area (Å²) in [6, 6.07) is 40.9. The van der Waals surface area contributed by atoms with E-state index in [0.29, 0.717) is 49.7 Å². The number of hydrogen-bond donors (Lipinski definition) is 3. The van der Waals surface area contributed by atoms with Gasteiger partial charge < -0.3 is 33.8 Å². The molecule has 0 spiro atoms. The highest BCUT2D eigenvalue weighted by Crippen LogP contribution is 2.61. The summed E-state index contributed by atoms with van der Waals surface area (Å²) in [4.78, 5) is 0. The molecule has 0 bridgehead atoms. The van der Waals surface area contributed by atoms with Gasteiger partial charge in [-0.05, 0) is 91.3 Å². The number of unbranched alkanes of at least 4 members (excludes halogenated alkanes) is 1. The van der Waals surface area contributed by atoms with Gasteiger partial charge in [-0.3, -0.25) is 0 Å². The SMILES string of the molecule is C=C/C=C(O)\C(=C/C)c1ccccc1OCCCc1cc(C(C)(C)c2cc(COCCCC)c(O)c(CP3Oc4ccccc4-c4ccccc43)c2)cc(CP2Oc3ccccc3C(=C/C)/C2=C\C=C)c1O. The third-order valence-corrected chi connectivity index (χ3v) is 17.4. The van der Waals surface area contributed by atoms with Crippen molar-refractivity contribution in [1.29, 1.82) is 0 Å². The maximum absolute atomic E-state index is 12.4. The summed E-state index contributed by atoms with van der Waals surface area (Å²) in [6.07, 6.45) is 15.0. The smallest absolute Gasteiger partial charge is 0.131 e. The molecule has 2 atom stereocenters. The van der Waals surface area contributed by atoms with Crippen LogP contribution in [-0.4, -0.2) is 28.5 Å². The highest BCUT2D eigenvalue weighted by Gasteiger charge is 2.34. The number of hydrogen-bond acceptors (Lipinski definition) is 7. The number of rotatable bonds is 20. The van der Waals surface area contributed by atoms with E-state index in [9.17, 15) is 15.3 Å². The molecule has 2 aliphatic heterocycles. The Labute approximate surface area is 428 Å². The summed E-state index contributed by atoms with van der Waals surface area (Å²) in [6.45, 7) is 19.6. The van der Waals surface area contributed by atoms with Gasteiger partial charge in [0, 0.05) is 73.9 Å². The molecule has 2 unspecified atom stereocenters. The van der Waals surface area contributed by atoms with Gasteiger partial charge in [-0.25, -0.2) is 0 Å². The zero-order valence-electron chi connectivity index (χ0n) is 42.2. The van der Waals surface area contributed by atoms with Crippen LogP contribution in [0, 0.1) is 0 Å². The second-order valence-electron chi connectivity index (χ2n) is 18.5. The number of aromatic hydroxyl groups is 2. The Kier molecular flexibility index (Phi) is 17.1. The molecule has 0 saturated carbocycles. The summed E-state index contributed by atoms with van der Waals surface area (Å²) < 4.78 is 26.4. The fourth-order valence-electron chi connectivity index (χ4n) is 9.48. The van der Waals surface area contributed by atoms with Gasteiger partial charge in [-0.1, -0.05) is 168 Å². The normalized spacial score (nSPS) is 16.6. The second kappa shape index (κ2) is 23.7. The van der Waals surface area contributed by atoms with E-state index in [1.54, 1.807) is 12.2 Å². The number of para-hydroxylation sites is 3. The van der Waals surface area contributed by atoms with Gasteiger partial charge in [0.1, 0.15) is 50.8 Å². The summed E-state index contributed by atoms with van der Waals surface area (Å²) in [5.74, 6) is 2.90. The number of aryl methyl sites for hydroxylation is 1. The van der Waals surface area contributed by atoms with Crippen molar-refractivity contribution in [1.82, 2.24) is 0 Å². The van der Waals surface area contributed by atoms with Crippen LogP contribution in [0.25, 0.3) is 22.3 Å². The highest BCUT2D eigenvalue weighted by molar-refractivity contribution is 7.61. The van der Waals surface area contributed by atoms with E-state index < -0.39 is 21.7 Å². The third kappa shape index (κ3) is 11.2. The zero-order chi connectivity index (χ0) is 50.8. The minimum atomic E-state index is -1.28. The number of phenolic OH excluding ortho intramolecular Hbond substituents is 2. The molecule has 2 aliphatic rings. The van der Waals surface area contributed by atoms with Gasteiger partial charge >= 0.3 is 0 Å². The van der Waals surface area contributed by atoms with Crippen LogP contribution in [0.3, 0.4) is 0 Å². The Balaban J connectivity index is 1.18. The van der Waals surface area contributed by atoms with E-state index in [2.05, 4.69) is 108 Å². The van der Waals surface area contributed by atoms with Crippen molar-refractivity contribution in [3.8, 4) is 39.9 Å². The maximum Gasteiger partial charge on any atom is 0.131 e. The van der Waals surface area contributed by atoms with Crippen molar-refractivity contribution < 1.29 is 33.8 Å². The van der Waals surface area contributed by atoms with Crippen molar-refractivity contribution in [3.05, 3.63) is 227 Å². The number of benzene rings is 6. The molecule has 370 valence electrons. The minimum Gasteiger partial charge on any atom is -0.507 e. The van der Waals surface area contributed by atoms with E-state index in [1.165, 1.54) is 0 Å². The average Bonchev–Trinajstić information content (AvgIpc) is 3.39. The summed E-state index contributed by atoms with van der Waals surface area (Å²) in [5.41, 5.74) is 10.3. The second-order valence-corrected chi connectivity index (χ2v) is 22.0. The molecule has 0 aromatic heterocycles. The van der Waals surface area contributed by atoms with Crippen molar-refractivity contribution >= 4 is 32.7 Å². The fourth-order valence-corrected chi connectivity index (χ4v) is 13.5.